The van der Waals surface area contributed by atoms with Crippen LogP contribution in [0.2, 0.25) is 0 Å². The highest BCUT2D eigenvalue weighted by Gasteiger charge is 2.24. The van der Waals surface area contributed by atoms with E-state index in [1.807, 2.05) is 18.2 Å². The highest BCUT2D eigenvalue weighted by molar-refractivity contribution is 14.0. The number of rotatable bonds is 8. The van der Waals surface area contributed by atoms with Crippen LogP contribution in [0.1, 0.15) is 30.6 Å². The Morgan fingerprint density at radius 3 is 2.61 bits per heavy atom. The zero-order valence-electron chi connectivity index (χ0n) is 18.2. The van der Waals surface area contributed by atoms with Gasteiger partial charge in [0.05, 0.1) is 19.4 Å². The Labute approximate surface area is 202 Å². The Bertz CT molecular complexity index is 755. The number of hydrogen-bond acceptors (Lipinski definition) is 4. The maximum Gasteiger partial charge on any atom is 0.191 e. The van der Waals surface area contributed by atoms with Crippen LogP contribution in [0.25, 0.3) is 0 Å². The maximum absolute atomic E-state index is 5.53. The second-order valence-electron chi connectivity index (χ2n) is 8.36. The molecule has 2 aromatic rings. The Hall–Kier alpha value is -1.58. The normalized spacial score (nSPS) is 20.4. The second kappa shape index (κ2) is 13.1. The van der Waals surface area contributed by atoms with Crippen molar-refractivity contribution >= 4 is 29.9 Å². The number of hydrogen-bond donors (Lipinski definition) is 2. The molecule has 0 aliphatic carbocycles. The van der Waals surface area contributed by atoms with Crippen molar-refractivity contribution in [1.29, 1.82) is 0 Å². The second-order valence-corrected chi connectivity index (χ2v) is 8.36. The molecular weight excluding hydrogens is 503 g/mol. The zero-order chi connectivity index (χ0) is 20.4. The molecule has 0 amide bonds. The van der Waals surface area contributed by atoms with Gasteiger partial charge in [-0.3, -0.25) is 0 Å². The maximum atomic E-state index is 5.53. The fraction of sp³-hybridized carbons (Fsp3) is 0.542. The SMILES string of the molecule is I.c1ccc(CN=C(NCCc2ccco2)NC2CCN(CC3CCOC3)CC2)cc1. The van der Waals surface area contributed by atoms with Crippen LogP contribution in [0, 0.1) is 5.92 Å². The van der Waals surface area contributed by atoms with E-state index in [0.717, 1.165) is 69.7 Å². The van der Waals surface area contributed by atoms with E-state index >= 15 is 0 Å². The molecule has 2 saturated heterocycles. The van der Waals surface area contributed by atoms with Gasteiger partial charge in [0, 0.05) is 45.2 Å². The summed E-state index contributed by atoms with van der Waals surface area (Å²) in [6.45, 7) is 6.83. The third-order valence-corrected chi connectivity index (χ3v) is 5.98. The van der Waals surface area contributed by atoms with E-state index in [9.17, 15) is 0 Å². The predicted molar refractivity (Wildman–Crippen MR) is 135 cm³/mol. The summed E-state index contributed by atoms with van der Waals surface area (Å²) in [7, 11) is 0. The number of furan rings is 1. The lowest BCUT2D eigenvalue weighted by Gasteiger charge is -2.34. The molecule has 0 bridgehead atoms. The van der Waals surface area contributed by atoms with Gasteiger partial charge in [-0.2, -0.15) is 0 Å². The van der Waals surface area contributed by atoms with Gasteiger partial charge in [0.15, 0.2) is 5.96 Å². The Balaban J connectivity index is 0.00000272. The molecule has 2 N–H and O–H groups in total. The fourth-order valence-corrected chi connectivity index (χ4v) is 4.21. The lowest BCUT2D eigenvalue weighted by atomic mass is 10.0. The molecule has 0 saturated carbocycles. The minimum atomic E-state index is 0. The first-order valence-corrected chi connectivity index (χ1v) is 11.3. The summed E-state index contributed by atoms with van der Waals surface area (Å²) in [5.41, 5.74) is 1.22. The average molecular weight is 538 g/mol. The minimum absolute atomic E-state index is 0. The first-order valence-electron chi connectivity index (χ1n) is 11.3. The molecule has 2 fully saturated rings. The van der Waals surface area contributed by atoms with Gasteiger partial charge in [-0.15, -0.1) is 24.0 Å². The van der Waals surface area contributed by atoms with Crippen molar-refractivity contribution in [3.63, 3.8) is 0 Å². The first kappa shape index (κ1) is 24.1. The van der Waals surface area contributed by atoms with Crippen LogP contribution < -0.4 is 10.6 Å². The van der Waals surface area contributed by atoms with Crippen molar-refractivity contribution in [3.05, 3.63) is 60.1 Å². The molecule has 3 heterocycles. The molecule has 170 valence electrons. The first-order chi connectivity index (χ1) is 14.8. The third kappa shape index (κ3) is 8.12. The van der Waals surface area contributed by atoms with Gasteiger partial charge in [0.25, 0.3) is 0 Å². The Morgan fingerprint density at radius 1 is 1.06 bits per heavy atom. The van der Waals surface area contributed by atoms with Crippen LogP contribution in [-0.4, -0.2) is 56.3 Å². The van der Waals surface area contributed by atoms with Crippen LogP contribution in [0.5, 0.6) is 0 Å². The molecule has 0 radical (unpaired) electrons. The molecule has 31 heavy (non-hydrogen) atoms. The number of halogens is 1. The molecule has 6 nitrogen and oxygen atoms in total. The van der Waals surface area contributed by atoms with Gasteiger partial charge in [0.2, 0.25) is 0 Å². The smallest absolute Gasteiger partial charge is 0.191 e. The van der Waals surface area contributed by atoms with Gasteiger partial charge in [-0.1, -0.05) is 30.3 Å². The van der Waals surface area contributed by atoms with Crippen molar-refractivity contribution < 1.29 is 9.15 Å². The average Bonchev–Trinajstić information content (AvgIpc) is 3.48. The molecule has 2 aliphatic rings. The lowest BCUT2D eigenvalue weighted by Crippen LogP contribution is -2.49. The number of ether oxygens (including phenoxy) is 1. The van der Waals surface area contributed by atoms with Gasteiger partial charge in [-0.25, -0.2) is 4.99 Å². The van der Waals surface area contributed by atoms with E-state index in [1.165, 1.54) is 18.5 Å². The number of likely N-dealkylation sites (tertiary alicyclic amines) is 1. The summed E-state index contributed by atoms with van der Waals surface area (Å²) in [5.74, 6) is 2.61. The van der Waals surface area contributed by atoms with Gasteiger partial charge >= 0.3 is 0 Å². The van der Waals surface area contributed by atoms with Crippen molar-refractivity contribution in [1.82, 2.24) is 15.5 Å². The summed E-state index contributed by atoms with van der Waals surface area (Å²) in [5, 5.41) is 7.17. The summed E-state index contributed by atoms with van der Waals surface area (Å²) < 4.78 is 11.0. The molecule has 2 aliphatic heterocycles. The molecular formula is C24H35IN4O2. The zero-order valence-corrected chi connectivity index (χ0v) is 20.5. The molecule has 1 atom stereocenters. The van der Waals surface area contributed by atoms with E-state index in [4.69, 9.17) is 14.1 Å². The van der Waals surface area contributed by atoms with E-state index in [-0.39, 0.29) is 24.0 Å². The van der Waals surface area contributed by atoms with Crippen LogP contribution >= 0.6 is 24.0 Å². The number of nitrogens with one attached hydrogen (secondary N) is 2. The molecule has 7 heteroatoms. The summed E-state index contributed by atoms with van der Waals surface area (Å²) >= 11 is 0. The quantitative estimate of drug-likeness (QED) is 0.305. The molecule has 1 aromatic heterocycles. The van der Waals surface area contributed by atoms with Crippen molar-refractivity contribution in [2.24, 2.45) is 10.9 Å². The molecule has 4 rings (SSSR count). The van der Waals surface area contributed by atoms with Crippen molar-refractivity contribution in [2.75, 3.05) is 39.4 Å². The van der Waals surface area contributed by atoms with E-state index < -0.39 is 0 Å². The van der Waals surface area contributed by atoms with E-state index in [1.54, 1.807) is 6.26 Å². The summed E-state index contributed by atoms with van der Waals surface area (Å²) in [6, 6.07) is 14.8. The fourth-order valence-electron chi connectivity index (χ4n) is 4.21. The predicted octanol–water partition coefficient (Wildman–Crippen LogP) is 3.68. The highest BCUT2D eigenvalue weighted by atomic mass is 127. The third-order valence-electron chi connectivity index (χ3n) is 5.98. The van der Waals surface area contributed by atoms with Crippen LogP contribution in [0.4, 0.5) is 0 Å². The van der Waals surface area contributed by atoms with E-state index in [0.29, 0.717) is 12.6 Å². The lowest BCUT2D eigenvalue weighted by molar-refractivity contribution is 0.150. The minimum Gasteiger partial charge on any atom is -0.469 e. The van der Waals surface area contributed by atoms with Gasteiger partial charge in [-0.05, 0) is 42.9 Å². The monoisotopic (exact) mass is 538 g/mol. The van der Waals surface area contributed by atoms with Gasteiger partial charge < -0.3 is 24.7 Å². The van der Waals surface area contributed by atoms with Crippen molar-refractivity contribution in [2.45, 2.75) is 38.3 Å². The van der Waals surface area contributed by atoms with E-state index in [2.05, 4.69) is 39.8 Å². The van der Waals surface area contributed by atoms with Crippen LogP contribution in [0.15, 0.2) is 58.1 Å². The number of benzene rings is 1. The number of guanidine groups is 1. The number of aliphatic imine (C=N–C) groups is 1. The van der Waals surface area contributed by atoms with Gasteiger partial charge in [0.1, 0.15) is 5.76 Å². The number of nitrogens with zero attached hydrogens (tertiary/aromatic N) is 2. The standard InChI is InChI=1S/C24H34N4O2.HI/c1-2-5-20(6-3-1)17-26-24(25-12-8-23-7-4-15-30-23)27-22-9-13-28(14-10-22)18-21-11-16-29-19-21;/h1-7,15,21-22H,8-14,16-19H2,(H2,25,26,27);1H. The molecule has 0 spiro atoms. The van der Waals surface area contributed by atoms with Crippen molar-refractivity contribution in [3.8, 4) is 0 Å². The largest absolute Gasteiger partial charge is 0.469 e. The highest BCUT2D eigenvalue weighted by Crippen LogP contribution is 2.17. The summed E-state index contributed by atoms with van der Waals surface area (Å²) in [6.07, 6.45) is 6.09. The Morgan fingerprint density at radius 2 is 1.90 bits per heavy atom. The molecule has 1 unspecified atom stereocenters. The Kier molecular flexibility index (Phi) is 10.2. The van der Waals surface area contributed by atoms with Crippen LogP contribution in [-0.2, 0) is 17.7 Å². The topological polar surface area (TPSA) is 62.0 Å². The number of piperidine rings is 1. The molecule has 1 aromatic carbocycles. The van der Waals surface area contributed by atoms with Crippen LogP contribution in [0.3, 0.4) is 0 Å². The summed E-state index contributed by atoms with van der Waals surface area (Å²) in [4.78, 5) is 7.44.